The minimum absolute atomic E-state index is 1.09. The molecule has 1 heterocycles. The summed E-state index contributed by atoms with van der Waals surface area (Å²) in [7, 11) is 0. The highest BCUT2D eigenvalue weighted by Crippen LogP contribution is 2.44. The number of anilines is 3. The fourth-order valence-electron chi connectivity index (χ4n) is 10.6. The summed E-state index contributed by atoms with van der Waals surface area (Å²) in [6.07, 6.45) is 0. The summed E-state index contributed by atoms with van der Waals surface area (Å²) in [5, 5.41) is 7.36. The molecule has 70 heavy (non-hydrogen) atoms. The molecule has 13 rings (SSSR count). The maximum absolute atomic E-state index is 2.47. The fourth-order valence-corrected chi connectivity index (χ4v) is 10.6. The van der Waals surface area contributed by atoms with Crippen LogP contribution in [0, 0.1) is 0 Å². The first-order chi connectivity index (χ1) is 34.7. The largest absolute Gasteiger partial charge is 0.310 e. The van der Waals surface area contributed by atoms with Crippen molar-refractivity contribution < 1.29 is 0 Å². The van der Waals surface area contributed by atoms with Crippen LogP contribution in [0.3, 0.4) is 0 Å². The van der Waals surface area contributed by atoms with E-state index >= 15 is 0 Å². The van der Waals surface area contributed by atoms with Gasteiger partial charge in [0.1, 0.15) is 0 Å². The van der Waals surface area contributed by atoms with E-state index in [0.29, 0.717) is 0 Å². The summed E-state index contributed by atoms with van der Waals surface area (Å²) in [6.45, 7) is 0. The monoisotopic (exact) mass is 890 g/mol. The van der Waals surface area contributed by atoms with Crippen molar-refractivity contribution in [3.05, 3.63) is 279 Å². The topological polar surface area (TPSA) is 8.17 Å². The molecule has 2 heteroatoms. The van der Waals surface area contributed by atoms with Gasteiger partial charge in [0.05, 0.1) is 16.7 Å². The second kappa shape index (κ2) is 17.4. The lowest BCUT2D eigenvalue weighted by Gasteiger charge is -2.28. The van der Waals surface area contributed by atoms with Gasteiger partial charge in [0, 0.05) is 33.4 Å². The van der Waals surface area contributed by atoms with E-state index in [1.54, 1.807) is 0 Å². The van der Waals surface area contributed by atoms with Crippen LogP contribution in [0.1, 0.15) is 0 Å². The normalized spacial score (nSPS) is 11.4. The maximum atomic E-state index is 2.47. The Labute approximate surface area is 408 Å². The van der Waals surface area contributed by atoms with Gasteiger partial charge in [-0.1, -0.05) is 200 Å². The van der Waals surface area contributed by atoms with Crippen molar-refractivity contribution in [1.82, 2.24) is 4.57 Å². The third-order valence-electron chi connectivity index (χ3n) is 13.9. The first kappa shape index (κ1) is 41.0. The molecular weight excluding hydrogens is 845 g/mol. The number of aromatic nitrogens is 1. The van der Waals surface area contributed by atoms with Crippen LogP contribution in [-0.4, -0.2) is 4.57 Å². The van der Waals surface area contributed by atoms with E-state index in [4.69, 9.17) is 0 Å². The molecule has 1 aromatic heterocycles. The van der Waals surface area contributed by atoms with Crippen molar-refractivity contribution in [3.8, 4) is 61.3 Å². The van der Waals surface area contributed by atoms with Crippen LogP contribution in [0.5, 0.6) is 0 Å². The molecule has 0 fully saturated rings. The number of para-hydroxylation sites is 3. The van der Waals surface area contributed by atoms with Crippen LogP contribution in [0.2, 0.25) is 0 Å². The molecule has 0 unspecified atom stereocenters. The van der Waals surface area contributed by atoms with Crippen LogP contribution in [0.15, 0.2) is 279 Å². The van der Waals surface area contributed by atoms with E-state index in [-0.39, 0.29) is 0 Å². The van der Waals surface area contributed by atoms with Crippen LogP contribution < -0.4 is 4.90 Å². The number of nitrogens with zero attached hydrogens (tertiary/aromatic N) is 2. The molecule has 0 N–H and O–H groups in total. The molecule has 0 saturated carbocycles. The van der Waals surface area contributed by atoms with Crippen LogP contribution >= 0.6 is 0 Å². The predicted octanol–water partition coefficient (Wildman–Crippen LogP) is 18.9. The lowest BCUT2D eigenvalue weighted by Crippen LogP contribution is -2.11. The van der Waals surface area contributed by atoms with Crippen molar-refractivity contribution in [2.45, 2.75) is 0 Å². The first-order valence-electron chi connectivity index (χ1n) is 24.1. The minimum atomic E-state index is 1.09. The molecule has 0 bridgehead atoms. The highest BCUT2D eigenvalue weighted by molar-refractivity contribution is 6.11. The maximum Gasteiger partial charge on any atom is 0.0541 e. The molecule has 0 aliphatic rings. The fraction of sp³-hybridized carbons (Fsp3) is 0. The van der Waals surface area contributed by atoms with Crippen molar-refractivity contribution in [3.63, 3.8) is 0 Å². The van der Waals surface area contributed by atoms with Gasteiger partial charge < -0.3 is 9.47 Å². The molecule has 0 spiro atoms. The van der Waals surface area contributed by atoms with Crippen LogP contribution in [0.25, 0.3) is 105 Å². The Bertz CT molecular complexity index is 4050. The molecule has 0 atom stereocenters. The van der Waals surface area contributed by atoms with Gasteiger partial charge in [-0.05, 0) is 150 Å². The standard InChI is InChI=1S/C68H46N2/c1-3-17-47(18-4-1)52-23-15-24-53(41-52)49-35-38-59(39-36-49)69(58-25-5-2-6-26-58)66-31-13-11-28-63(66)55-37-40-68-65(46-55)64-29-12-14-32-67(64)70(68)60-44-56(54-34-33-48-19-7-8-21-51(48)42-54)43-57(45-60)62-30-16-22-50-20-9-10-27-61(50)62/h1-46H. The second-order valence-electron chi connectivity index (χ2n) is 18.1. The highest BCUT2D eigenvalue weighted by Gasteiger charge is 2.20. The molecule has 0 saturated heterocycles. The van der Waals surface area contributed by atoms with Gasteiger partial charge in [0.15, 0.2) is 0 Å². The Kier molecular flexibility index (Phi) is 10.2. The highest BCUT2D eigenvalue weighted by atomic mass is 15.1. The Hall–Kier alpha value is -9.24. The molecule has 328 valence electrons. The molecule has 0 amide bonds. The quantitative estimate of drug-likeness (QED) is 0.140. The lowest BCUT2D eigenvalue weighted by atomic mass is 9.93. The third kappa shape index (κ3) is 7.40. The van der Waals surface area contributed by atoms with Gasteiger partial charge in [-0.3, -0.25) is 0 Å². The zero-order valence-electron chi connectivity index (χ0n) is 38.5. The average Bonchev–Trinajstić information content (AvgIpc) is 3.77. The van der Waals surface area contributed by atoms with E-state index in [1.807, 2.05) is 0 Å². The smallest absolute Gasteiger partial charge is 0.0541 e. The molecule has 0 aliphatic carbocycles. The van der Waals surface area contributed by atoms with E-state index < -0.39 is 0 Å². The Morgan fingerprint density at radius 2 is 0.771 bits per heavy atom. The first-order valence-corrected chi connectivity index (χ1v) is 24.1. The van der Waals surface area contributed by atoms with Crippen molar-refractivity contribution >= 4 is 60.4 Å². The number of fused-ring (bicyclic) bond motifs is 5. The van der Waals surface area contributed by atoms with Crippen LogP contribution in [-0.2, 0) is 0 Å². The summed E-state index contributed by atoms with van der Waals surface area (Å²) >= 11 is 0. The molecular formula is C68H46N2. The minimum Gasteiger partial charge on any atom is -0.310 e. The second-order valence-corrected chi connectivity index (χ2v) is 18.1. The van der Waals surface area contributed by atoms with Gasteiger partial charge in [0.2, 0.25) is 0 Å². The number of hydrogen-bond acceptors (Lipinski definition) is 1. The van der Waals surface area contributed by atoms with E-state index in [1.165, 1.54) is 82.3 Å². The number of hydrogen-bond donors (Lipinski definition) is 0. The summed E-state index contributed by atoms with van der Waals surface area (Å²) in [5.41, 5.74) is 18.6. The summed E-state index contributed by atoms with van der Waals surface area (Å²) < 4.78 is 2.47. The van der Waals surface area contributed by atoms with Gasteiger partial charge in [0.25, 0.3) is 0 Å². The Morgan fingerprint density at radius 1 is 0.243 bits per heavy atom. The number of benzene rings is 12. The number of rotatable bonds is 9. The Balaban J connectivity index is 0.948. The van der Waals surface area contributed by atoms with E-state index in [9.17, 15) is 0 Å². The molecule has 12 aromatic carbocycles. The van der Waals surface area contributed by atoms with E-state index in [2.05, 4.69) is 289 Å². The zero-order chi connectivity index (χ0) is 46.4. The SMILES string of the molecule is c1ccc(-c2cccc(-c3ccc(N(c4ccccc4)c4ccccc4-c4ccc5c(c4)c4ccccc4n5-c4cc(-c5ccc6ccccc6c5)cc(-c5cccc6ccccc56)c4)cc3)c2)cc1. The zero-order valence-corrected chi connectivity index (χ0v) is 38.5. The summed E-state index contributed by atoms with van der Waals surface area (Å²) in [6, 6.07) is 102. The Morgan fingerprint density at radius 3 is 1.60 bits per heavy atom. The summed E-state index contributed by atoms with van der Waals surface area (Å²) in [5.74, 6) is 0. The third-order valence-corrected chi connectivity index (χ3v) is 13.9. The van der Waals surface area contributed by atoms with Crippen molar-refractivity contribution in [1.29, 1.82) is 0 Å². The van der Waals surface area contributed by atoms with Gasteiger partial charge in [-0.2, -0.15) is 0 Å². The average molecular weight is 891 g/mol. The van der Waals surface area contributed by atoms with Crippen molar-refractivity contribution in [2.75, 3.05) is 4.90 Å². The predicted molar refractivity (Wildman–Crippen MR) is 298 cm³/mol. The van der Waals surface area contributed by atoms with E-state index in [0.717, 1.165) is 39.4 Å². The van der Waals surface area contributed by atoms with Gasteiger partial charge in [-0.25, -0.2) is 0 Å². The molecule has 0 radical (unpaired) electrons. The molecule has 0 aliphatic heterocycles. The van der Waals surface area contributed by atoms with Crippen molar-refractivity contribution in [2.24, 2.45) is 0 Å². The molecule has 13 aromatic rings. The van der Waals surface area contributed by atoms with Gasteiger partial charge in [-0.15, -0.1) is 0 Å². The summed E-state index contributed by atoms with van der Waals surface area (Å²) in [4.78, 5) is 2.39. The van der Waals surface area contributed by atoms with Gasteiger partial charge >= 0.3 is 0 Å². The molecule has 2 nitrogen and oxygen atoms in total. The lowest BCUT2D eigenvalue weighted by molar-refractivity contribution is 1.18. The van der Waals surface area contributed by atoms with Crippen LogP contribution in [0.4, 0.5) is 17.1 Å².